The molecule has 5 atom stereocenters. The fraction of sp³-hybridized carbons (Fsp3) is 0.529. The van der Waals surface area contributed by atoms with Gasteiger partial charge in [0.05, 0.1) is 12.2 Å². The van der Waals surface area contributed by atoms with Crippen LogP contribution in [0.1, 0.15) is 26.3 Å². The average molecular weight is 262 g/mol. The van der Waals surface area contributed by atoms with E-state index < -0.39 is 12.2 Å². The van der Waals surface area contributed by atoms with Crippen molar-refractivity contribution in [3.63, 3.8) is 0 Å². The minimum Gasteiger partial charge on any atom is -0.392 e. The molecule has 0 heterocycles. The Labute approximate surface area is 116 Å². The van der Waals surface area contributed by atoms with E-state index in [2.05, 4.69) is 18.7 Å². The lowest BCUT2D eigenvalue weighted by molar-refractivity contribution is -0.0200. The van der Waals surface area contributed by atoms with E-state index >= 15 is 0 Å². The molecule has 1 aromatic rings. The zero-order chi connectivity index (χ0) is 14.4. The highest BCUT2D eigenvalue weighted by Gasteiger charge is 2.29. The summed E-state index contributed by atoms with van der Waals surface area (Å²) in [5, 5.41) is 20.5. The summed E-state index contributed by atoms with van der Waals surface area (Å²) >= 11 is 0. The molecule has 2 N–H and O–H groups in total. The lowest BCUT2D eigenvalue weighted by Gasteiger charge is -2.30. The first kappa shape index (κ1) is 15.9. The largest absolute Gasteiger partial charge is 0.392 e. The summed E-state index contributed by atoms with van der Waals surface area (Å²) in [7, 11) is 0. The van der Waals surface area contributed by atoms with Crippen molar-refractivity contribution in [3.8, 4) is 0 Å². The maximum Gasteiger partial charge on any atom is 0.0650 e. The predicted octanol–water partition coefficient (Wildman–Crippen LogP) is 3.05. The highest BCUT2D eigenvalue weighted by molar-refractivity contribution is 5.15. The molecule has 0 aromatic heterocycles. The van der Waals surface area contributed by atoms with Crippen LogP contribution in [0.5, 0.6) is 0 Å². The van der Waals surface area contributed by atoms with Crippen LogP contribution < -0.4 is 0 Å². The Morgan fingerprint density at radius 1 is 1.05 bits per heavy atom. The Balaban J connectivity index is 2.61. The zero-order valence-corrected chi connectivity index (χ0v) is 12.2. The van der Waals surface area contributed by atoms with Crippen molar-refractivity contribution in [1.29, 1.82) is 0 Å². The molecule has 0 saturated heterocycles. The van der Waals surface area contributed by atoms with Gasteiger partial charge >= 0.3 is 0 Å². The fourth-order valence-corrected chi connectivity index (χ4v) is 2.45. The Morgan fingerprint density at radius 2 is 1.63 bits per heavy atom. The molecule has 0 amide bonds. The fourth-order valence-electron chi connectivity index (χ4n) is 2.45. The van der Waals surface area contributed by atoms with Gasteiger partial charge in [-0.1, -0.05) is 57.2 Å². The van der Waals surface area contributed by atoms with Crippen molar-refractivity contribution < 1.29 is 10.2 Å². The molecule has 19 heavy (non-hydrogen) atoms. The lowest BCUT2D eigenvalue weighted by Crippen LogP contribution is -2.37. The summed E-state index contributed by atoms with van der Waals surface area (Å²) < 4.78 is 0. The van der Waals surface area contributed by atoms with Gasteiger partial charge in [0, 0.05) is 11.8 Å². The number of rotatable bonds is 7. The molecule has 0 aliphatic rings. The Bertz CT molecular complexity index is 374. The van der Waals surface area contributed by atoms with Crippen molar-refractivity contribution in [1.82, 2.24) is 0 Å². The smallest absolute Gasteiger partial charge is 0.0650 e. The molecular formula is C17H26O2. The summed E-state index contributed by atoms with van der Waals surface area (Å²) in [4.78, 5) is 0. The maximum absolute atomic E-state index is 10.4. The van der Waals surface area contributed by atoms with Gasteiger partial charge in [0.2, 0.25) is 0 Å². The monoisotopic (exact) mass is 262 g/mol. The van der Waals surface area contributed by atoms with Gasteiger partial charge in [-0.05, 0) is 17.9 Å². The molecule has 0 fully saturated rings. The Kier molecular flexibility index (Phi) is 6.26. The molecule has 2 nitrogen and oxygen atoms in total. The van der Waals surface area contributed by atoms with Gasteiger partial charge in [0.25, 0.3) is 0 Å². The number of aliphatic hydroxyl groups excluding tert-OH is 2. The molecule has 0 spiro atoms. The van der Waals surface area contributed by atoms with Crippen LogP contribution in [0.2, 0.25) is 0 Å². The maximum atomic E-state index is 10.4. The van der Waals surface area contributed by atoms with E-state index in [0.29, 0.717) is 0 Å². The topological polar surface area (TPSA) is 40.5 Å². The molecule has 0 aliphatic heterocycles. The second-order valence-electron chi connectivity index (χ2n) is 5.60. The zero-order valence-electron chi connectivity index (χ0n) is 12.2. The van der Waals surface area contributed by atoms with Crippen molar-refractivity contribution in [2.75, 3.05) is 0 Å². The minimum absolute atomic E-state index is 0.00595. The van der Waals surface area contributed by atoms with Crippen molar-refractivity contribution in [3.05, 3.63) is 48.6 Å². The minimum atomic E-state index is -0.550. The molecule has 0 saturated carbocycles. The van der Waals surface area contributed by atoms with Crippen LogP contribution in [0.15, 0.2) is 43.0 Å². The summed E-state index contributed by atoms with van der Waals surface area (Å²) in [5.41, 5.74) is 1.22. The quantitative estimate of drug-likeness (QED) is 0.741. The molecule has 2 heteroatoms. The molecule has 0 radical (unpaired) electrons. The van der Waals surface area contributed by atoms with Crippen LogP contribution in [0.4, 0.5) is 0 Å². The van der Waals surface area contributed by atoms with Crippen LogP contribution >= 0.6 is 0 Å². The molecule has 0 unspecified atom stereocenters. The summed E-state index contributed by atoms with van der Waals surface area (Å²) in [6.45, 7) is 9.54. The molecule has 0 bridgehead atoms. The van der Waals surface area contributed by atoms with E-state index in [9.17, 15) is 10.2 Å². The van der Waals surface area contributed by atoms with Crippen LogP contribution in [0.25, 0.3) is 0 Å². The molecule has 106 valence electrons. The van der Waals surface area contributed by atoms with Crippen molar-refractivity contribution >= 4 is 0 Å². The lowest BCUT2D eigenvalue weighted by atomic mass is 9.82. The van der Waals surface area contributed by atoms with E-state index in [0.717, 1.165) is 6.42 Å². The standard InChI is InChI=1S/C17H26O2/c1-5-12(2)16(18)14(4)17(19)13(3)11-15-9-7-6-8-10-15/h5-10,12-14,16-19H,1,11H2,2-4H3/t12-,13+,14-,16-,17-/m1/s1. The van der Waals surface area contributed by atoms with Crippen LogP contribution in [0.3, 0.4) is 0 Å². The van der Waals surface area contributed by atoms with Crippen molar-refractivity contribution in [2.24, 2.45) is 17.8 Å². The third kappa shape index (κ3) is 4.48. The first-order valence-corrected chi connectivity index (χ1v) is 7.00. The third-order valence-corrected chi connectivity index (χ3v) is 3.97. The highest BCUT2D eigenvalue weighted by atomic mass is 16.3. The van der Waals surface area contributed by atoms with Gasteiger partial charge < -0.3 is 10.2 Å². The second kappa shape index (κ2) is 7.46. The SMILES string of the molecule is C=C[C@@H](C)[C@@H](O)[C@@H](C)[C@H](O)[C@@H](C)Cc1ccccc1. The summed E-state index contributed by atoms with van der Waals surface area (Å²) in [5.74, 6) is -0.0515. The van der Waals surface area contributed by atoms with Crippen LogP contribution in [0, 0.1) is 17.8 Å². The number of hydrogen-bond donors (Lipinski definition) is 2. The summed E-state index contributed by atoms with van der Waals surface area (Å²) in [6, 6.07) is 10.1. The average Bonchev–Trinajstić information content (AvgIpc) is 2.44. The molecule has 0 aliphatic carbocycles. The van der Waals surface area contributed by atoms with Gasteiger partial charge in [-0.15, -0.1) is 6.58 Å². The summed E-state index contributed by atoms with van der Waals surface area (Å²) in [6.07, 6.45) is 1.49. The number of benzene rings is 1. The first-order chi connectivity index (χ1) is 8.97. The van der Waals surface area contributed by atoms with Crippen LogP contribution in [-0.4, -0.2) is 22.4 Å². The van der Waals surface area contributed by atoms with E-state index in [4.69, 9.17) is 0 Å². The van der Waals surface area contributed by atoms with E-state index in [1.54, 1.807) is 6.08 Å². The van der Waals surface area contributed by atoms with Gasteiger partial charge in [-0.3, -0.25) is 0 Å². The molecule has 1 aromatic carbocycles. The van der Waals surface area contributed by atoms with Crippen molar-refractivity contribution in [2.45, 2.75) is 39.4 Å². The molecular weight excluding hydrogens is 236 g/mol. The molecule has 1 rings (SSSR count). The van der Waals surface area contributed by atoms with Gasteiger partial charge in [-0.2, -0.15) is 0 Å². The highest BCUT2D eigenvalue weighted by Crippen LogP contribution is 2.24. The second-order valence-corrected chi connectivity index (χ2v) is 5.60. The number of aliphatic hydroxyl groups is 2. The number of hydrogen-bond acceptors (Lipinski definition) is 2. The van der Waals surface area contributed by atoms with E-state index in [-0.39, 0.29) is 17.8 Å². The van der Waals surface area contributed by atoms with Gasteiger partial charge in [-0.25, -0.2) is 0 Å². The van der Waals surface area contributed by atoms with E-state index in [1.165, 1.54) is 5.56 Å². The Morgan fingerprint density at radius 3 is 2.16 bits per heavy atom. The van der Waals surface area contributed by atoms with E-state index in [1.807, 2.05) is 39.0 Å². The van der Waals surface area contributed by atoms with Gasteiger partial charge in [0.15, 0.2) is 0 Å². The first-order valence-electron chi connectivity index (χ1n) is 7.00. The third-order valence-electron chi connectivity index (χ3n) is 3.97. The van der Waals surface area contributed by atoms with Crippen LogP contribution in [-0.2, 0) is 6.42 Å². The normalized spacial score (nSPS) is 19.2. The van der Waals surface area contributed by atoms with Gasteiger partial charge in [0.1, 0.15) is 0 Å². The predicted molar refractivity (Wildman–Crippen MR) is 79.8 cm³/mol. The Hall–Kier alpha value is -1.12.